The smallest absolute Gasteiger partial charge is 0.320 e. The maximum atomic E-state index is 12.6. The molecule has 0 aliphatic carbocycles. The Kier molecular flexibility index (Phi) is 4.31. The second-order valence-electron chi connectivity index (χ2n) is 3.82. The van der Waals surface area contributed by atoms with Gasteiger partial charge in [0.05, 0.1) is 21.2 Å². The van der Waals surface area contributed by atoms with Crippen LogP contribution in [-0.2, 0) is 6.18 Å². The van der Waals surface area contributed by atoms with Crippen LogP contribution in [0.15, 0.2) is 34.5 Å². The van der Waals surface area contributed by atoms with Crippen LogP contribution in [0.5, 0.6) is 0 Å². The monoisotopic (exact) mass is 337 g/mol. The van der Waals surface area contributed by atoms with E-state index in [1.54, 1.807) is 5.38 Å². The standard InChI is InChI=1S/C12H7ClF3NOS2/c13-8-2-1-6(12(14,15)16)3-9(8)17-11(18)10-4-7(19)5-20-10/h1-5,19H,(H,17,18). The van der Waals surface area contributed by atoms with Gasteiger partial charge in [0.15, 0.2) is 0 Å². The second kappa shape index (κ2) is 5.67. The number of rotatable bonds is 2. The summed E-state index contributed by atoms with van der Waals surface area (Å²) in [7, 11) is 0. The van der Waals surface area contributed by atoms with Gasteiger partial charge in [-0.05, 0) is 24.3 Å². The fraction of sp³-hybridized carbons (Fsp3) is 0.0833. The fourth-order valence-electron chi connectivity index (χ4n) is 1.43. The van der Waals surface area contributed by atoms with E-state index in [4.69, 9.17) is 11.6 Å². The Morgan fingerprint density at radius 1 is 1.30 bits per heavy atom. The number of benzene rings is 1. The summed E-state index contributed by atoms with van der Waals surface area (Å²) in [6, 6.07) is 4.27. The van der Waals surface area contributed by atoms with Crippen molar-refractivity contribution in [2.45, 2.75) is 11.1 Å². The lowest BCUT2D eigenvalue weighted by Gasteiger charge is -2.11. The van der Waals surface area contributed by atoms with Gasteiger partial charge < -0.3 is 5.32 Å². The summed E-state index contributed by atoms with van der Waals surface area (Å²) in [4.78, 5) is 12.8. The van der Waals surface area contributed by atoms with Crippen LogP contribution < -0.4 is 5.32 Å². The highest BCUT2D eigenvalue weighted by Crippen LogP contribution is 2.34. The molecule has 1 aromatic heterocycles. The summed E-state index contributed by atoms with van der Waals surface area (Å²) in [5, 5.41) is 4.04. The third-order valence-corrected chi connectivity index (χ3v) is 4.04. The molecule has 0 saturated carbocycles. The highest BCUT2D eigenvalue weighted by molar-refractivity contribution is 7.80. The molecule has 0 aliphatic heterocycles. The van der Waals surface area contributed by atoms with Crippen molar-refractivity contribution in [3.63, 3.8) is 0 Å². The third kappa shape index (κ3) is 3.47. The maximum absolute atomic E-state index is 12.6. The van der Waals surface area contributed by atoms with E-state index >= 15 is 0 Å². The number of thiol groups is 1. The zero-order valence-electron chi connectivity index (χ0n) is 9.66. The molecule has 1 aromatic carbocycles. The third-order valence-electron chi connectivity index (χ3n) is 2.35. The molecular formula is C12H7ClF3NOS2. The van der Waals surface area contributed by atoms with Crippen LogP contribution in [-0.4, -0.2) is 5.91 Å². The molecule has 2 nitrogen and oxygen atoms in total. The number of anilines is 1. The van der Waals surface area contributed by atoms with E-state index in [9.17, 15) is 18.0 Å². The van der Waals surface area contributed by atoms with Gasteiger partial charge in [-0.25, -0.2) is 0 Å². The molecule has 1 N–H and O–H groups in total. The van der Waals surface area contributed by atoms with E-state index in [0.29, 0.717) is 9.77 Å². The van der Waals surface area contributed by atoms with Crippen molar-refractivity contribution in [2.24, 2.45) is 0 Å². The Labute approximate surface area is 127 Å². The number of halogens is 4. The van der Waals surface area contributed by atoms with E-state index in [0.717, 1.165) is 29.5 Å². The first-order valence-corrected chi connectivity index (χ1v) is 6.93. The first-order chi connectivity index (χ1) is 9.27. The van der Waals surface area contributed by atoms with Gasteiger partial charge in [0, 0.05) is 10.3 Å². The molecule has 0 saturated heterocycles. The Balaban J connectivity index is 2.27. The molecule has 1 amide bonds. The molecular weight excluding hydrogens is 331 g/mol. The predicted octanol–water partition coefficient (Wildman–Crippen LogP) is 4.96. The number of alkyl halides is 3. The highest BCUT2D eigenvalue weighted by atomic mass is 35.5. The molecule has 0 fully saturated rings. The number of carbonyl (C=O) groups excluding carboxylic acids is 1. The summed E-state index contributed by atoms with van der Waals surface area (Å²) in [5.74, 6) is -0.531. The Hall–Kier alpha value is -1.18. The zero-order chi connectivity index (χ0) is 14.9. The van der Waals surface area contributed by atoms with Crippen molar-refractivity contribution < 1.29 is 18.0 Å². The topological polar surface area (TPSA) is 29.1 Å². The van der Waals surface area contributed by atoms with E-state index in [2.05, 4.69) is 17.9 Å². The van der Waals surface area contributed by atoms with Crippen molar-refractivity contribution in [1.29, 1.82) is 0 Å². The fourth-order valence-corrected chi connectivity index (χ4v) is 2.63. The quantitative estimate of drug-likeness (QED) is 0.745. The molecule has 0 atom stereocenters. The van der Waals surface area contributed by atoms with Crippen molar-refractivity contribution >= 4 is 47.2 Å². The summed E-state index contributed by atoms with van der Waals surface area (Å²) in [5.41, 5.74) is -0.959. The van der Waals surface area contributed by atoms with Crippen LogP contribution in [0, 0.1) is 0 Å². The number of thiophene rings is 1. The van der Waals surface area contributed by atoms with Gasteiger partial charge in [0.1, 0.15) is 0 Å². The van der Waals surface area contributed by atoms with E-state index in [-0.39, 0.29) is 10.7 Å². The number of carbonyl (C=O) groups is 1. The number of nitrogens with one attached hydrogen (secondary N) is 1. The minimum Gasteiger partial charge on any atom is -0.320 e. The second-order valence-corrected chi connectivity index (χ2v) is 5.65. The lowest BCUT2D eigenvalue weighted by molar-refractivity contribution is -0.137. The van der Waals surface area contributed by atoms with E-state index < -0.39 is 17.6 Å². The number of hydrogen-bond donors (Lipinski definition) is 2. The van der Waals surface area contributed by atoms with Crippen LogP contribution in [0.4, 0.5) is 18.9 Å². The Bertz CT molecular complexity index is 654. The first-order valence-electron chi connectivity index (χ1n) is 5.23. The summed E-state index contributed by atoms with van der Waals surface area (Å²) >= 11 is 11.0. The van der Waals surface area contributed by atoms with Gasteiger partial charge in [-0.1, -0.05) is 11.6 Å². The normalized spacial score (nSPS) is 11.4. The van der Waals surface area contributed by atoms with Crippen LogP contribution in [0.25, 0.3) is 0 Å². The highest BCUT2D eigenvalue weighted by Gasteiger charge is 2.31. The van der Waals surface area contributed by atoms with Crippen LogP contribution in [0.3, 0.4) is 0 Å². The van der Waals surface area contributed by atoms with E-state index in [1.165, 1.54) is 6.07 Å². The minimum absolute atomic E-state index is 0.0361. The first kappa shape index (κ1) is 15.2. The van der Waals surface area contributed by atoms with E-state index in [1.807, 2.05) is 0 Å². The zero-order valence-corrected chi connectivity index (χ0v) is 12.1. The van der Waals surface area contributed by atoms with Crippen molar-refractivity contribution in [1.82, 2.24) is 0 Å². The van der Waals surface area contributed by atoms with Crippen LogP contribution >= 0.6 is 35.6 Å². The molecule has 0 unspecified atom stereocenters. The summed E-state index contributed by atoms with van der Waals surface area (Å²) in [6.45, 7) is 0. The predicted molar refractivity (Wildman–Crippen MR) is 76.0 cm³/mol. The van der Waals surface area contributed by atoms with Crippen molar-refractivity contribution in [2.75, 3.05) is 5.32 Å². The van der Waals surface area contributed by atoms with Gasteiger partial charge in [-0.3, -0.25) is 4.79 Å². The number of amides is 1. The maximum Gasteiger partial charge on any atom is 0.416 e. The molecule has 20 heavy (non-hydrogen) atoms. The van der Waals surface area contributed by atoms with Gasteiger partial charge in [0.25, 0.3) is 5.91 Å². The molecule has 0 spiro atoms. The molecule has 2 rings (SSSR count). The van der Waals surface area contributed by atoms with Crippen molar-refractivity contribution in [3.05, 3.63) is 45.1 Å². The molecule has 0 aliphatic rings. The number of hydrogen-bond acceptors (Lipinski definition) is 3. The van der Waals surface area contributed by atoms with Crippen LogP contribution in [0.1, 0.15) is 15.2 Å². The summed E-state index contributed by atoms with van der Waals surface area (Å²) < 4.78 is 37.8. The van der Waals surface area contributed by atoms with Crippen LogP contribution in [0.2, 0.25) is 5.02 Å². The van der Waals surface area contributed by atoms with Gasteiger partial charge in [0.2, 0.25) is 0 Å². The molecule has 106 valence electrons. The van der Waals surface area contributed by atoms with Gasteiger partial charge in [-0.15, -0.1) is 24.0 Å². The largest absolute Gasteiger partial charge is 0.416 e. The van der Waals surface area contributed by atoms with Gasteiger partial charge in [-0.2, -0.15) is 13.2 Å². The average molecular weight is 338 g/mol. The SMILES string of the molecule is O=C(Nc1cc(C(F)(F)F)ccc1Cl)c1cc(S)cs1. The minimum atomic E-state index is -4.49. The Morgan fingerprint density at radius 3 is 2.55 bits per heavy atom. The molecule has 8 heteroatoms. The van der Waals surface area contributed by atoms with Crippen molar-refractivity contribution in [3.8, 4) is 0 Å². The molecule has 0 radical (unpaired) electrons. The van der Waals surface area contributed by atoms with Gasteiger partial charge >= 0.3 is 6.18 Å². The molecule has 2 aromatic rings. The lowest BCUT2D eigenvalue weighted by atomic mass is 10.2. The lowest BCUT2D eigenvalue weighted by Crippen LogP contribution is -2.12. The Morgan fingerprint density at radius 2 is 2.00 bits per heavy atom. The summed E-state index contributed by atoms with van der Waals surface area (Å²) in [6.07, 6.45) is -4.49. The molecule has 1 heterocycles. The molecule has 0 bridgehead atoms. The average Bonchev–Trinajstić information content (AvgIpc) is 2.77.